The SMILES string of the molecule is O=CC1CN(c2cccc(F)c2)C(=O)O1. The minimum atomic E-state index is -0.763. The van der Waals surface area contributed by atoms with Gasteiger partial charge in [-0.1, -0.05) is 6.07 Å². The van der Waals surface area contributed by atoms with Gasteiger partial charge in [0.2, 0.25) is 0 Å². The molecule has 1 unspecified atom stereocenters. The van der Waals surface area contributed by atoms with Gasteiger partial charge in [0, 0.05) is 0 Å². The van der Waals surface area contributed by atoms with E-state index in [0.717, 1.165) is 0 Å². The highest BCUT2D eigenvalue weighted by Gasteiger charge is 2.31. The molecule has 4 nitrogen and oxygen atoms in total. The first-order valence-corrected chi connectivity index (χ1v) is 4.40. The lowest BCUT2D eigenvalue weighted by molar-refractivity contribution is -0.113. The summed E-state index contributed by atoms with van der Waals surface area (Å²) in [7, 11) is 0. The first-order valence-electron chi connectivity index (χ1n) is 4.40. The molecule has 0 radical (unpaired) electrons. The van der Waals surface area contributed by atoms with Crippen LogP contribution in [-0.2, 0) is 9.53 Å². The Hall–Kier alpha value is -1.91. The van der Waals surface area contributed by atoms with Crippen LogP contribution in [0.3, 0.4) is 0 Å². The van der Waals surface area contributed by atoms with E-state index in [2.05, 4.69) is 0 Å². The fourth-order valence-corrected chi connectivity index (χ4v) is 1.41. The molecular weight excluding hydrogens is 201 g/mol. The Morgan fingerprint density at radius 1 is 1.53 bits per heavy atom. The highest BCUT2D eigenvalue weighted by atomic mass is 19.1. The van der Waals surface area contributed by atoms with Crippen molar-refractivity contribution in [3.8, 4) is 0 Å². The summed E-state index contributed by atoms with van der Waals surface area (Å²) in [4.78, 5) is 22.9. The van der Waals surface area contributed by atoms with Crippen LogP contribution < -0.4 is 4.90 Å². The second-order valence-corrected chi connectivity index (χ2v) is 3.15. The summed E-state index contributed by atoms with van der Waals surface area (Å²) in [5.74, 6) is -0.435. The standard InChI is InChI=1S/C10H8FNO3/c11-7-2-1-3-8(4-7)12-5-9(6-13)15-10(12)14/h1-4,6,9H,5H2. The number of rotatable bonds is 2. The number of carbonyl (C=O) groups excluding carboxylic acids is 2. The number of nitrogens with zero attached hydrogens (tertiary/aromatic N) is 1. The second-order valence-electron chi connectivity index (χ2n) is 3.15. The van der Waals surface area contributed by atoms with Gasteiger partial charge in [0.15, 0.2) is 12.4 Å². The topological polar surface area (TPSA) is 46.6 Å². The van der Waals surface area contributed by atoms with Crippen molar-refractivity contribution >= 4 is 18.1 Å². The quantitative estimate of drug-likeness (QED) is 0.690. The molecule has 0 N–H and O–H groups in total. The fraction of sp³-hybridized carbons (Fsp3) is 0.200. The van der Waals surface area contributed by atoms with Crippen LogP contribution in [0.2, 0.25) is 0 Å². The van der Waals surface area contributed by atoms with Gasteiger partial charge in [-0.05, 0) is 18.2 Å². The maximum Gasteiger partial charge on any atom is 0.415 e. The summed E-state index contributed by atoms with van der Waals surface area (Å²) < 4.78 is 17.6. The minimum Gasteiger partial charge on any atom is -0.436 e. The maximum absolute atomic E-state index is 12.9. The van der Waals surface area contributed by atoms with Crippen molar-refractivity contribution in [3.05, 3.63) is 30.1 Å². The molecular formula is C10H8FNO3. The Morgan fingerprint density at radius 2 is 2.33 bits per heavy atom. The molecule has 15 heavy (non-hydrogen) atoms. The van der Waals surface area contributed by atoms with Crippen LogP contribution in [0.1, 0.15) is 0 Å². The maximum atomic E-state index is 12.9. The van der Waals surface area contributed by atoms with Gasteiger partial charge >= 0.3 is 6.09 Å². The van der Waals surface area contributed by atoms with Gasteiger partial charge in [0.05, 0.1) is 12.2 Å². The largest absolute Gasteiger partial charge is 0.436 e. The van der Waals surface area contributed by atoms with Gasteiger partial charge in [-0.2, -0.15) is 0 Å². The van der Waals surface area contributed by atoms with Crippen molar-refractivity contribution in [1.82, 2.24) is 0 Å². The van der Waals surface area contributed by atoms with Gasteiger partial charge in [0.25, 0.3) is 0 Å². The van der Waals surface area contributed by atoms with Crippen molar-refractivity contribution in [2.75, 3.05) is 11.4 Å². The number of cyclic esters (lactones) is 1. The Labute approximate surface area is 85.2 Å². The second kappa shape index (κ2) is 3.68. The number of ether oxygens (including phenoxy) is 1. The average Bonchev–Trinajstić information content (AvgIpc) is 2.60. The number of halogens is 1. The number of carbonyl (C=O) groups is 2. The first kappa shape index (κ1) is 9.64. The van der Waals surface area contributed by atoms with Gasteiger partial charge < -0.3 is 4.74 Å². The van der Waals surface area contributed by atoms with E-state index in [9.17, 15) is 14.0 Å². The van der Waals surface area contributed by atoms with Crippen molar-refractivity contribution in [3.63, 3.8) is 0 Å². The van der Waals surface area contributed by atoms with Gasteiger partial charge in [0.1, 0.15) is 5.82 Å². The summed E-state index contributed by atoms with van der Waals surface area (Å²) in [6, 6.07) is 5.57. The highest BCUT2D eigenvalue weighted by Crippen LogP contribution is 2.21. The number of aldehydes is 1. The Balaban J connectivity index is 2.25. The smallest absolute Gasteiger partial charge is 0.415 e. The third-order valence-electron chi connectivity index (χ3n) is 2.11. The van der Waals surface area contributed by atoms with Gasteiger partial charge in [-0.15, -0.1) is 0 Å². The molecule has 1 heterocycles. The molecule has 1 aromatic rings. The minimum absolute atomic E-state index is 0.131. The van der Waals surface area contributed by atoms with Crippen LogP contribution in [0, 0.1) is 5.82 Å². The lowest BCUT2D eigenvalue weighted by Crippen LogP contribution is -2.24. The first-order chi connectivity index (χ1) is 7.20. The Morgan fingerprint density at radius 3 is 2.93 bits per heavy atom. The van der Waals surface area contributed by atoms with E-state index in [-0.39, 0.29) is 6.54 Å². The predicted octanol–water partition coefficient (Wildman–Crippen LogP) is 1.35. The van der Waals surface area contributed by atoms with E-state index < -0.39 is 18.0 Å². The van der Waals surface area contributed by atoms with Gasteiger partial charge in [-0.3, -0.25) is 9.69 Å². The van der Waals surface area contributed by atoms with Crippen molar-refractivity contribution < 1.29 is 18.7 Å². The predicted molar refractivity (Wildman–Crippen MR) is 50.1 cm³/mol. The Bertz CT molecular complexity index is 407. The molecule has 0 aliphatic carbocycles. The average molecular weight is 209 g/mol. The van der Waals surface area contributed by atoms with E-state index in [1.165, 1.54) is 23.1 Å². The van der Waals surface area contributed by atoms with Crippen LogP contribution in [0.25, 0.3) is 0 Å². The lowest BCUT2D eigenvalue weighted by Gasteiger charge is -2.11. The number of amides is 1. The summed E-state index contributed by atoms with van der Waals surface area (Å²) in [5, 5.41) is 0. The molecule has 78 valence electrons. The number of benzene rings is 1. The summed E-state index contributed by atoms with van der Waals surface area (Å²) in [6.07, 6.45) is -0.838. The molecule has 1 aromatic carbocycles. The molecule has 1 aliphatic rings. The van der Waals surface area contributed by atoms with E-state index in [1.807, 2.05) is 0 Å². The molecule has 1 aliphatic heterocycles. The molecule has 0 spiro atoms. The zero-order valence-electron chi connectivity index (χ0n) is 7.72. The molecule has 1 atom stereocenters. The number of hydrogen-bond donors (Lipinski definition) is 0. The van der Waals surface area contributed by atoms with Crippen LogP contribution in [0.5, 0.6) is 0 Å². The number of hydrogen-bond acceptors (Lipinski definition) is 3. The van der Waals surface area contributed by atoms with Crippen LogP contribution in [0.4, 0.5) is 14.9 Å². The third kappa shape index (κ3) is 1.81. The molecule has 0 aromatic heterocycles. The monoisotopic (exact) mass is 209 g/mol. The van der Waals surface area contributed by atoms with Crippen molar-refractivity contribution in [1.29, 1.82) is 0 Å². The molecule has 1 amide bonds. The molecule has 0 saturated carbocycles. The van der Waals surface area contributed by atoms with Crippen LogP contribution in [0.15, 0.2) is 24.3 Å². The number of anilines is 1. The molecule has 1 fully saturated rings. The summed E-state index contributed by atoms with van der Waals surface area (Å²) in [5.41, 5.74) is 0.393. The fourth-order valence-electron chi connectivity index (χ4n) is 1.41. The highest BCUT2D eigenvalue weighted by molar-refractivity contribution is 5.92. The normalized spacial score (nSPS) is 20.2. The summed E-state index contributed by atoms with van der Waals surface area (Å²) in [6.45, 7) is 0.131. The van der Waals surface area contributed by atoms with E-state index >= 15 is 0 Å². The lowest BCUT2D eigenvalue weighted by atomic mass is 10.3. The van der Waals surface area contributed by atoms with E-state index in [1.54, 1.807) is 6.07 Å². The van der Waals surface area contributed by atoms with Crippen LogP contribution >= 0.6 is 0 Å². The zero-order chi connectivity index (χ0) is 10.8. The third-order valence-corrected chi connectivity index (χ3v) is 2.11. The molecule has 1 saturated heterocycles. The van der Waals surface area contributed by atoms with Crippen molar-refractivity contribution in [2.45, 2.75) is 6.10 Å². The van der Waals surface area contributed by atoms with Crippen molar-refractivity contribution in [2.24, 2.45) is 0 Å². The zero-order valence-corrected chi connectivity index (χ0v) is 7.72. The molecule has 2 rings (SSSR count). The van der Waals surface area contributed by atoms with E-state index in [4.69, 9.17) is 4.74 Å². The molecule has 5 heteroatoms. The summed E-state index contributed by atoms with van der Waals surface area (Å²) >= 11 is 0. The van der Waals surface area contributed by atoms with Crippen LogP contribution in [-0.4, -0.2) is 25.0 Å². The van der Waals surface area contributed by atoms with E-state index in [0.29, 0.717) is 12.0 Å². The molecule has 0 bridgehead atoms. The van der Waals surface area contributed by atoms with Gasteiger partial charge in [-0.25, -0.2) is 9.18 Å². The Kier molecular flexibility index (Phi) is 2.37.